The van der Waals surface area contributed by atoms with Crippen LogP contribution in [-0.2, 0) is 19.8 Å². The minimum Gasteiger partial charge on any atom is -0.462 e. The van der Waals surface area contributed by atoms with Crippen molar-refractivity contribution in [1.82, 2.24) is 4.98 Å². The summed E-state index contributed by atoms with van der Waals surface area (Å²) in [5, 5.41) is 2.61. The minimum absolute atomic E-state index is 0.186. The van der Waals surface area contributed by atoms with Crippen molar-refractivity contribution in [3.05, 3.63) is 29.5 Å². The average Bonchev–Trinajstić information content (AvgIpc) is 2.98. The van der Waals surface area contributed by atoms with Crippen molar-refractivity contribution < 1.29 is 18.0 Å². The molecule has 0 N–H and O–H groups in total. The highest BCUT2D eigenvalue weighted by atomic mass is 32.1. The van der Waals surface area contributed by atoms with E-state index in [2.05, 4.69) is 4.98 Å². The maximum absolute atomic E-state index is 12.4. The Balaban J connectivity index is 2.12. The van der Waals surface area contributed by atoms with Gasteiger partial charge >= 0.3 is 7.60 Å². The van der Waals surface area contributed by atoms with Crippen LogP contribution in [0.25, 0.3) is 10.8 Å². The predicted molar refractivity (Wildman–Crippen MR) is 74.4 cm³/mol. The maximum Gasteiger partial charge on any atom is 0.336 e. The lowest BCUT2D eigenvalue weighted by molar-refractivity contribution is 0.219. The molecule has 2 rings (SSSR count). The first-order chi connectivity index (χ1) is 9.17. The lowest BCUT2D eigenvalue weighted by Crippen LogP contribution is -1.99. The number of aromatic nitrogens is 1. The van der Waals surface area contributed by atoms with E-state index in [9.17, 15) is 4.57 Å². The summed E-state index contributed by atoms with van der Waals surface area (Å²) in [5.41, 5.74) is 0.696. The van der Waals surface area contributed by atoms with Crippen LogP contribution in [0.4, 0.5) is 0 Å². The van der Waals surface area contributed by atoms with E-state index < -0.39 is 7.60 Å². The van der Waals surface area contributed by atoms with Gasteiger partial charge in [0, 0.05) is 5.38 Å². The summed E-state index contributed by atoms with van der Waals surface area (Å²) >= 11 is 1.45. The van der Waals surface area contributed by atoms with E-state index in [0.717, 1.165) is 5.01 Å². The Morgan fingerprint density at radius 1 is 1.37 bits per heavy atom. The van der Waals surface area contributed by atoms with Crippen molar-refractivity contribution in [2.24, 2.45) is 0 Å². The normalized spacial score (nSPS) is 11.9. The van der Waals surface area contributed by atoms with Crippen molar-refractivity contribution >= 4 is 18.9 Å². The standard InChI is InChI=1S/C12H16NO4PS/c1-3-16-18(14,17-4-2)8-10-9-19-12(13-10)11-6-5-7-15-11/h5-7,9H,3-4,8H2,1-2H3. The zero-order chi connectivity index (χ0) is 13.7. The summed E-state index contributed by atoms with van der Waals surface area (Å²) in [6.07, 6.45) is 1.79. The predicted octanol–water partition coefficient (Wildman–Crippen LogP) is 4.17. The molecule has 0 unspecified atom stereocenters. The lowest BCUT2D eigenvalue weighted by Gasteiger charge is -2.15. The molecular weight excluding hydrogens is 285 g/mol. The molecule has 2 aromatic rings. The number of rotatable bonds is 7. The van der Waals surface area contributed by atoms with Crippen molar-refractivity contribution in [3.8, 4) is 10.8 Å². The van der Waals surface area contributed by atoms with Gasteiger partial charge in [-0.15, -0.1) is 11.3 Å². The highest BCUT2D eigenvalue weighted by molar-refractivity contribution is 7.53. The van der Waals surface area contributed by atoms with E-state index in [1.54, 1.807) is 20.1 Å². The van der Waals surface area contributed by atoms with Crippen LogP contribution in [0.5, 0.6) is 0 Å². The second-order valence-corrected chi connectivity index (χ2v) is 6.64. The molecule has 7 heteroatoms. The van der Waals surface area contributed by atoms with Gasteiger partial charge in [0.15, 0.2) is 10.8 Å². The van der Waals surface area contributed by atoms with Gasteiger partial charge in [0.25, 0.3) is 0 Å². The summed E-state index contributed by atoms with van der Waals surface area (Å²) < 4.78 is 28.1. The zero-order valence-electron chi connectivity index (χ0n) is 10.9. The van der Waals surface area contributed by atoms with Crippen LogP contribution in [0.1, 0.15) is 19.5 Å². The number of thiazole rings is 1. The van der Waals surface area contributed by atoms with Gasteiger partial charge in [-0.2, -0.15) is 0 Å². The van der Waals surface area contributed by atoms with Gasteiger partial charge in [0.05, 0.1) is 31.3 Å². The van der Waals surface area contributed by atoms with Crippen LogP contribution in [0.2, 0.25) is 0 Å². The monoisotopic (exact) mass is 301 g/mol. The fourth-order valence-electron chi connectivity index (χ4n) is 1.61. The third kappa shape index (κ3) is 3.76. The van der Waals surface area contributed by atoms with Gasteiger partial charge in [-0.25, -0.2) is 4.98 Å². The molecule has 2 aromatic heterocycles. The Labute approximate surface area is 116 Å². The van der Waals surface area contributed by atoms with Crippen molar-refractivity contribution in [2.75, 3.05) is 13.2 Å². The molecule has 19 heavy (non-hydrogen) atoms. The molecule has 0 aliphatic heterocycles. The SMILES string of the molecule is CCOP(=O)(Cc1csc(-c2ccco2)n1)OCC. The quantitative estimate of drug-likeness (QED) is 0.718. The molecule has 0 amide bonds. The molecule has 0 aliphatic rings. The molecule has 104 valence electrons. The van der Waals surface area contributed by atoms with Crippen LogP contribution in [-0.4, -0.2) is 18.2 Å². The van der Waals surface area contributed by atoms with Gasteiger partial charge in [0.1, 0.15) is 0 Å². The van der Waals surface area contributed by atoms with Crippen LogP contribution in [0, 0.1) is 0 Å². The number of nitrogens with zero attached hydrogens (tertiary/aromatic N) is 1. The van der Waals surface area contributed by atoms with Gasteiger partial charge in [-0.3, -0.25) is 4.57 Å². The van der Waals surface area contributed by atoms with Crippen molar-refractivity contribution in [2.45, 2.75) is 20.0 Å². The molecule has 0 aliphatic carbocycles. The highest BCUT2D eigenvalue weighted by Gasteiger charge is 2.25. The van der Waals surface area contributed by atoms with Gasteiger partial charge in [0.2, 0.25) is 0 Å². The third-order valence-electron chi connectivity index (χ3n) is 2.29. The molecule has 0 aromatic carbocycles. The number of hydrogen-bond donors (Lipinski definition) is 0. The van der Waals surface area contributed by atoms with Crippen molar-refractivity contribution in [3.63, 3.8) is 0 Å². The van der Waals surface area contributed by atoms with Gasteiger partial charge < -0.3 is 13.5 Å². The molecule has 0 radical (unpaired) electrons. The Morgan fingerprint density at radius 3 is 2.68 bits per heavy atom. The first kappa shape index (κ1) is 14.5. The largest absolute Gasteiger partial charge is 0.462 e. The molecule has 0 spiro atoms. The summed E-state index contributed by atoms with van der Waals surface area (Å²) in [6.45, 7) is 4.29. The Kier molecular flexibility index (Phi) is 4.93. The molecule has 2 heterocycles. The van der Waals surface area contributed by atoms with E-state index >= 15 is 0 Å². The maximum atomic E-state index is 12.4. The van der Waals surface area contributed by atoms with E-state index in [-0.39, 0.29) is 6.16 Å². The molecule has 0 bridgehead atoms. The Morgan fingerprint density at radius 2 is 2.11 bits per heavy atom. The summed E-state index contributed by atoms with van der Waals surface area (Å²) in [6, 6.07) is 3.65. The molecule has 0 atom stereocenters. The van der Waals surface area contributed by atoms with Crippen LogP contribution in [0.15, 0.2) is 28.2 Å². The molecular formula is C12H16NO4PS. The van der Waals surface area contributed by atoms with Crippen molar-refractivity contribution in [1.29, 1.82) is 0 Å². The van der Waals surface area contributed by atoms with Gasteiger partial charge in [-0.1, -0.05) is 0 Å². The molecule has 0 fully saturated rings. The topological polar surface area (TPSA) is 61.6 Å². The first-order valence-corrected chi connectivity index (χ1v) is 8.64. The van der Waals surface area contributed by atoms with E-state index in [4.69, 9.17) is 13.5 Å². The van der Waals surface area contributed by atoms with Crippen LogP contribution in [0.3, 0.4) is 0 Å². The summed E-state index contributed by atoms with van der Waals surface area (Å²) in [4.78, 5) is 4.39. The Bertz CT molecular complexity index is 542. The fourth-order valence-corrected chi connectivity index (χ4v) is 4.13. The van der Waals surface area contributed by atoms with Gasteiger partial charge in [-0.05, 0) is 26.0 Å². The second kappa shape index (κ2) is 6.48. The third-order valence-corrected chi connectivity index (χ3v) is 5.21. The van der Waals surface area contributed by atoms with E-state index in [0.29, 0.717) is 24.7 Å². The average molecular weight is 301 g/mol. The second-order valence-electron chi connectivity index (χ2n) is 3.73. The molecule has 0 saturated carbocycles. The van der Waals surface area contributed by atoms with E-state index in [1.165, 1.54) is 11.3 Å². The minimum atomic E-state index is -3.09. The zero-order valence-corrected chi connectivity index (χ0v) is 12.6. The molecule has 5 nitrogen and oxygen atoms in total. The smallest absolute Gasteiger partial charge is 0.336 e. The number of furan rings is 1. The fraction of sp³-hybridized carbons (Fsp3) is 0.417. The van der Waals surface area contributed by atoms with Crippen LogP contribution < -0.4 is 0 Å². The van der Waals surface area contributed by atoms with E-state index in [1.807, 2.05) is 17.5 Å². The summed E-state index contributed by atoms with van der Waals surface area (Å²) in [7, 11) is -3.09. The molecule has 0 saturated heterocycles. The number of hydrogen-bond acceptors (Lipinski definition) is 6. The first-order valence-electron chi connectivity index (χ1n) is 6.03. The van der Waals surface area contributed by atoms with Crippen LogP contribution >= 0.6 is 18.9 Å². The highest BCUT2D eigenvalue weighted by Crippen LogP contribution is 2.51. The Hall–Kier alpha value is -0.940. The summed E-state index contributed by atoms with van der Waals surface area (Å²) in [5.74, 6) is 0.707. The lowest BCUT2D eigenvalue weighted by atomic mass is 10.5.